The van der Waals surface area contributed by atoms with E-state index in [9.17, 15) is 13.2 Å². The van der Waals surface area contributed by atoms with Gasteiger partial charge in [0.2, 0.25) is 0 Å². The zero-order valence-corrected chi connectivity index (χ0v) is 9.08. The van der Waals surface area contributed by atoms with Crippen LogP contribution in [0.15, 0.2) is 12.1 Å². The van der Waals surface area contributed by atoms with Gasteiger partial charge in [-0.05, 0) is 30.2 Å². The molecule has 0 aliphatic heterocycles. The normalized spacial score (nSPS) is 14.1. The molecule has 0 bridgehead atoms. The molecular weight excluding hydrogens is 252 g/mol. The van der Waals surface area contributed by atoms with Crippen molar-refractivity contribution in [1.29, 1.82) is 0 Å². The fraction of sp³-hybridized carbons (Fsp3) is 0.333. The van der Waals surface area contributed by atoms with Crippen molar-refractivity contribution in [3.05, 3.63) is 33.3 Å². The SMILES string of the molecule is Cc1c(Cl)cc(Cl)cc1C(O)C(F)(F)F. The van der Waals surface area contributed by atoms with Crippen molar-refractivity contribution in [3.8, 4) is 0 Å². The standard InChI is InChI=1S/C9H7Cl2F3O/c1-4-6(8(15)9(12,13)14)2-5(10)3-7(4)11/h2-3,8,15H,1H3. The zero-order chi connectivity index (χ0) is 11.8. The van der Waals surface area contributed by atoms with Crippen LogP contribution in [0.4, 0.5) is 13.2 Å². The van der Waals surface area contributed by atoms with Gasteiger partial charge < -0.3 is 5.11 Å². The lowest BCUT2D eigenvalue weighted by molar-refractivity contribution is -0.206. The molecule has 0 aromatic heterocycles. The Labute approximate surface area is 94.4 Å². The summed E-state index contributed by atoms with van der Waals surface area (Å²) in [5, 5.41) is 9.20. The highest BCUT2D eigenvalue weighted by Gasteiger charge is 2.40. The summed E-state index contributed by atoms with van der Waals surface area (Å²) >= 11 is 11.2. The van der Waals surface area contributed by atoms with Crippen molar-refractivity contribution in [2.24, 2.45) is 0 Å². The van der Waals surface area contributed by atoms with Crippen molar-refractivity contribution in [2.45, 2.75) is 19.2 Å². The summed E-state index contributed by atoms with van der Waals surface area (Å²) in [6.45, 7) is 1.39. The van der Waals surface area contributed by atoms with Crippen molar-refractivity contribution in [1.82, 2.24) is 0 Å². The van der Waals surface area contributed by atoms with Gasteiger partial charge in [0, 0.05) is 10.0 Å². The van der Waals surface area contributed by atoms with Crippen molar-refractivity contribution >= 4 is 23.2 Å². The maximum absolute atomic E-state index is 12.2. The number of benzene rings is 1. The molecule has 1 nitrogen and oxygen atoms in total. The number of rotatable bonds is 1. The van der Waals surface area contributed by atoms with Crippen molar-refractivity contribution < 1.29 is 18.3 Å². The molecule has 1 aromatic carbocycles. The lowest BCUT2D eigenvalue weighted by Gasteiger charge is -2.17. The third-order valence-corrected chi connectivity index (χ3v) is 2.56. The van der Waals surface area contributed by atoms with E-state index in [0.29, 0.717) is 0 Å². The molecule has 0 amide bonds. The largest absolute Gasteiger partial charge is 0.418 e. The number of aliphatic hydroxyl groups is 1. The molecule has 0 aliphatic rings. The molecule has 0 aliphatic carbocycles. The van der Waals surface area contributed by atoms with E-state index in [-0.39, 0.29) is 21.2 Å². The average molecular weight is 259 g/mol. The van der Waals surface area contributed by atoms with E-state index >= 15 is 0 Å². The topological polar surface area (TPSA) is 20.2 Å². The van der Waals surface area contributed by atoms with Crippen LogP contribution in [0.3, 0.4) is 0 Å². The quantitative estimate of drug-likeness (QED) is 0.810. The Morgan fingerprint density at radius 3 is 2.27 bits per heavy atom. The van der Waals surface area contributed by atoms with Gasteiger partial charge in [0.25, 0.3) is 0 Å². The first-order valence-electron chi connectivity index (χ1n) is 3.94. The molecule has 1 atom stereocenters. The second kappa shape index (κ2) is 4.20. The van der Waals surface area contributed by atoms with Gasteiger partial charge in [-0.3, -0.25) is 0 Å². The Morgan fingerprint density at radius 1 is 1.27 bits per heavy atom. The highest BCUT2D eigenvalue weighted by Crippen LogP contribution is 2.37. The van der Waals surface area contributed by atoms with Gasteiger partial charge in [-0.15, -0.1) is 0 Å². The molecule has 15 heavy (non-hydrogen) atoms. The van der Waals surface area contributed by atoms with Crippen LogP contribution in [0.5, 0.6) is 0 Å². The third kappa shape index (κ3) is 2.77. The first-order valence-corrected chi connectivity index (χ1v) is 4.69. The van der Waals surface area contributed by atoms with Gasteiger partial charge in [0.1, 0.15) is 0 Å². The molecule has 1 N–H and O–H groups in total. The lowest BCUT2D eigenvalue weighted by atomic mass is 10.0. The van der Waals surface area contributed by atoms with Crippen LogP contribution in [-0.4, -0.2) is 11.3 Å². The summed E-state index contributed by atoms with van der Waals surface area (Å²) < 4.78 is 36.7. The van der Waals surface area contributed by atoms with Gasteiger partial charge in [0.05, 0.1) is 0 Å². The lowest BCUT2D eigenvalue weighted by Crippen LogP contribution is -2.21. The first kappa shape index (κ1) is 12.6. The highest BCUT2D eigenvalue weighted by molar-refractivity contribution is 6.35. The number of hydrogen-bond donors (Lipinski definition) is 1. The predicted octanol–water partition coefficient (Wildman–Crippen LogP) is 3.90. The van der Waals surface area contributed by atoms with E-state index in [1.165, 1.54) is 13.0 Å². The maximum atomic E-state index is 12.2. The molecule has 0 heterocycles. The Balaban J connectivity index is 3.25. The molecule has 0 spiro atoms. The minimum absolute atomic E-state index is 0.0592. The van der Waals surface area contributed by atoms with Crippen LogP contribution in [-0.2, 0) is 0 Å². The molecule has 1 rings (SSSR count). The number of hydrogen-bond acceptors (Lipinski definition) is 1. The molecule has 0 radical (unpaired) electrons. The second-order valence-electron chi connectivity index (χ2n) is 3.05. The van der Waals surface area contributed by atoms with Gasteiger partial charge >= 0.3 is 6.18 Å². The highest BCUT2D eigenvalue weighted by atomic mass is 35.5. The summed E-state index contributed by atoms with van der Waals surface area (Å²) in [5.74, 6) is 0. The van der Waals surface area contributed by atoms with Gasteiger partial charge in [-0.2, -0.15) is 13.2 Å². The van der Waals surface area contributed by atoms with Crippen LogP contribution in [0.25, 0.3) is 0 Å². The van der Waals surface area contributed by atoms with Crippen LogP contribution in [0.2, 0.25) is 10.0 Å². The van der Waals surface area contributed by atoms with E-state index in [2.05, 4.69) is 0 Å². The number of halogens is 5. The molecule has 6 heteroatoms. The minimum Gasteiger partial charge on any atom is -0.379 e. The van der Waals surface area contributed by atoms with Crippen LogP contribution in [0, 0.1) is 6.92 Å². The predicted molar refractivity (Wildman–Crippen MR) is 52.2 cm³/mol. The number of alkyl halides is 3. The van der Waals surface area contributed by atoms with E-state index in [0.717, 1.165) is 6.07 Å². The van der Waals surface area contributed by atoms with E-state index in [1.807, 2.05) is 0 Å². The number of aliphatic hydroxyl groups excluding tert-OH is 1. The molecular formula is C9H7Cl2F3O. The Kier molecular flexibility index (Phi) is 3.53. The van der Waals surface area contributed by atoms with E-state index < -0.39 is 12.3 Å². The van der Waals surface area contributed by atoms with Crippen molar-refractivity contribution in [3.63, 3.8) is 0 Å². The molecule has 1 aromatic rings. The molecule has 0 saturated heterocycles. The summed E-state index contributed by atoms with van der Waals surface area (Å²) in [5.41, 5.74) is -0.147. The fourth-order valence-electron chi connectivity index (χ4n) is 1.13. The van der Waals surface area contributed by atoms with Crippen LogP contribution in [0.1, 0.15) is 17.2 Å². The summed E-state index contributed by atoms with van der Waals surface area (Å²) in [7, 11) is 0. The van der Waals surface area contributed by atoms with Gasteiger partial charge in [-0.25, -0.2) is 0 Å². The Hall–Kier alpha value is -0.450. The summed E-state index contributed by atoms with van der Waals surface area (Å²) in [4.78, 5) is 0. The van der Waals surface area contributed by atoms with E-state index in [4.69, 9.17) is 28.3 Å². The maximum Gasteiger partial charge on any atom is 0.418 e. The average Bonchev–Trinajstić information content (AvgIpc) is 2.08. The van der Waals surface area contributed by atoms with Gasteiger partial charge in [0.15, 0.2) is 6.10 Å². The van der Waals surface area contributed by atoms with Crippen molar-refractivity contribution in [2.75, 3.05) is 0 Å². The Morgan fingerprint density at radius 2 is 1.80 bits per heavy atom. The zero-order valence-electron chi connectivity index (χ0n) is 7.57. The minimum atomic E-state index is -4.72. The molecule has 1 unspecified atom stereocenters. The van der Waals surface area contributed by atoms with Crippen LogP contribution < -0.4 is 0 Å². The second-order valence-corrected chi connectivity index (χ2v) is 3.89. The summed E-state index contributed by atoms with van der Waals surface area (Å²) in [6, 6.07) is 2.38. The van der Waals surface area contributed by atoms with Crippen LogP contribution >= 0.6 is 23.2 Å². The summed E-state index contributed by atoms with van der Waals surface area (Å²) in [6.07, 6.45) is -7.28. The molecule has 0 fully saturated rings. The van der Waals surface area contributed by atoms with Gasteiger partial charge in [-0.1, -0.05) is 23.2 Å². The Bertz CT molecular complexity index is 376. The molecule has 84 valence electrons. The fourth-order valence-corrected chi connectivity index (χ4v) is 1.64. The monoisotopic (exact) mass is 258 g/mol. The molecule has 0 saturated carbocycles. The smallest absolute Gasteiger partial charge is 0.379 e. The third-order valence-electron chi connectivity index (χ3n) is 1.95. The first-order chi connectivity index (χ1) is 6.73. The van der Waals surface area contributed by atoms with E-state index in [1.54, 1.807) is 0 Å².